The van der Waals surface area contributed by atoms with Crippen molar-refractivity contribution in [3.8, 4) is 0 Å². The summed E-state index contributed by atoms with van der Waals surface area (Å²) in [4.78, 5) is 14.7. The van der Waals surface area contributed by atoms with Gasteiger partial charge in [0.1, 0.15) is 0 Å². The second kappa shape index (κ2) is 6.53. The van der Waals surface area contributed by atoms with Crippen LogP contribution in [0, 0.1) is 5.92 Å². The lowest BCUT2D eigenvalue weighted by atomic mass is 9.98. The van der Waals surface area contributed by atoms with E-state index in [4.69, 9.17) is 0 Å². The Morgan fingerprint density at radius 3 is 2.87 bits per heavy atom. The van der Waals surface area contributed by atoms with Gasteiger partial charge < -0.3 is 4.90 Å². The van der Waals surface area contributed by atoms with Gasteiger partial charge in [0, 0.05) is 29.8 Å². The molecule has 3 rings (SSSR count). The lowest BCUT2D eigenvalue weighted by Gasteiger charge is -2.33. The van der Waals surface area contributed by atoms with Crippen molar-refractivity contribution in [2.75, 3.05) is 30.3 Å². The van der Waals surface area contributed by atoms with Gasteiger partial charge >= 0.3 is 0 Å². The smallest absolute Gasteiger partial charge is 0.231 e. The molecule has 5 nitrogen and oxygen atoms in total. The number of carbonyl (C=O) groups is 1. The third-order valence-corrected chi connectivity index (χ3v) is 7.04. The lowest BCUT2D eigenvalue weighted by molar-refractivity contribution is -0.123. The topological polar surface area (TPSA) is 57.7 Å². The number of anilines is 1. The van der Waals surface area contributed by atoms with Gasteiger partial charge in [-0.3, -0.25) is 4.79 Å². The first-order valence-electron chi connectivity index (χ1n) is 8.00. The van der Waals surface area contributed by atoms with E-state index < -0.39 is 10.0 Å². The molecule has 7 heteroatoms. The van der Waals surface area contributed by atoms with Crippen LogP contribution in [0.2, 0.25) is 0 Å². The van der Waals surface area contributed by atoms with Crippen LogP contribution in [0.1, 0.15) is 25.3 Å². The molecule has 0 N–H and O–H groups in total. The second-order valence-electron chi connectivity index (χ2n) is 6.11. The molecule has 1 aromatic rings. The van der Waals surface area contributed by atoms with E-state index in [2.05, 4.69) is 22.0 Å². The molecule has 0 spiro atoms. The van der Waals surface area contributed by atoms with Gasteiger partial charge in [0.25, 0.3) is 0 Å². The van der Waals surface area contributed by atoms with Crippen molar-refractivity contribution in [3.05, 3.63) is 28.2 Å². The number of halogens is 1. The first-order chi connectivity index (χ1) is 10.9. The van der Waals surface area contributed by atoms with Gasteiger partial charge in [-0.25, -0.2) is 12.7 Å². The van der Waals surface area contributed by atoms with E-state index >= 15 is 0 Å². The number of nitrogens with zero attached hydrogens (tertiary/aromatic N) is 2. The van der Waals surface area contributed by atoms with Crippen molar-refractivity contribution in [1.29, 1.82) is 0 Å². The van der Waals surface area contributed by atoms with Crippen molar-refractivity contribution >= 4 is 37.5 Å². The highest BCUT2D eigenvalue weighted by atomic mass is 79.9. The molecular weight excluding hydrogens is 380 g/mol. The molecule has 2 aliphatic heterocycles. The predicted molar refractivity (Wildman–Crippen MR) is 94.0 cm³/mol. The maximum atomic E-state index is 12.9. The van der Waals surface area contributed by atoms with Crippen molar-refractivity contribution in [2.24, 2.45) is 5.92 Å². The molecular formula is C16H21BrN2O3S. The van der Waals surface area contributed by atoms with Crippen molar-refractivity contribution in [1.82, 2.24) is 4.31 Å². The number of sulfonamides is 1. The van der Waals surface area contributed by atoms with Crippen LogP contribution in [0.15, 0.2) is 22.7 Å². The van der Waals surface area contributed by atoms with E-state index in [9.17, 15) is 13.2 Å². The molecule has 2 heterocycles. The first-order valence-corrected chi connectivity index (χ1v) is 10.4. The summed E-state index contributed by atoms with van der Waals surface area (Å²) in [5, 5.41) is 0. The molecule has 1 amide bonds. The average molecular weight is 401 g/mol. The molecule has 0 aromatic heterocycles. The second-order valence-corrected chi connectivity index (χ2v) is 9.28. The molecule has 0 aliphatic carbocycles. The normalized spacial score (nSPS) is 22.2. The zero-order chi connectivity index (χ0) is 16.6. The van der Waals surface area contributed by atoms with Crippen LogP contribution in [0.25, 0.3) is 0 Å². The minimum atomic E-state index is -3.22. The van der Waals surface area contributed by atoms with Gasteiger partial charge in [-0.2, -0.15) is 0 Å². The van der Waals surface area contributed by atoms with E-state index in [1.165, 1.54) is 9.87 Å². The van der Waals surface area contributed by atoms with Crippen LogP contribution < -0.4 is 4.90 Å². The summed E-state index contributed by atoms with van der Waals surface area (Å²) in [6.45, 7) is 3.18. The Morgan fingerprint density at radius 2 is 2.13 bits per heavy atom. The van der Waals surface area contributed by atoms with Crippen LogP contribution in [0.5, 0.6) is 0 Å². The largest absolute Gasteiger partial charge is 0.312 e. The summed E-state index contributed by atoms with van der Waals surface area (Å²) < 4.78 is 26.7. The van der Waals surface area contributed by atoms with E-state index in [0.717, 1.165) is 29.4 Å². The predicted octanol–water partition coefficient (Wildman–Crippen LogP) is 2.40. The van der Waals surface area contributed by atoms with E-state index in [1.54, 1.807) is 6.92 Å². The highest BCUT2D eigenvalue weighted by Gasteiger charge is 2.35. The SMILES string of the molecule is CCS(=O)(=O)N1CCCC(C(=O)N2CCc3cc(Br)ccc32)C1. The first kappa shape index (κ1) is 16.9. The Bertz CT molecular complexity index is 720. The van der Waals surface area contributed by atoms with E-state index in [1.807, 2.05) is 17.0 Å². The number of amides is 1. The van der Waals surface area contributed by atoms with Crippen molar-refractivity contribution in [2.45, 2.75) is 26.2 Å². The number of carbonyl (C=O) groups excluding carboxylic acids is 1. The zero-order valence-corrected chi connectivity index (χ0v) is 15.6. The van der Waals surface area contributed by atoms with Crippen LogP contribution in [-0.2, 0) is 21.2 Å². The summed E-state index contributed by atoms with van der Waals surface area (Å²) >= 11 is 3.46. The quantitative estimate of drug-likeness (QED) is 0.782. The number of hydrogen-bond acceptors (Lipinski definition) is 3. The fourth-order valence-corrected chi connectivity index (χ4v) is 4.99. The van der Waals surface area contributed by atoms with Gasteiger partial charge in [-0.1, -0.05) is 15.9 Å². The molecule has 0 saturated carbocycles. The summed E-state index contributed by atoms with van der Waals surface area (Å²) in [5.74, 6) is -0.0872. The maximum absolute atomic E-state index is 12.9. The van der Waals surface area contributed by atoms with Gasteiger partial charge in [0.2, 0.25) is 15.9 Å². The van der Waals surface area contributed by atoms with Crippen LogP contribution in [0.4, 0.5) is 5.69 Å². The summed E-state index contributed by atoms with van der Waals surface area (Å²) in [6.07, 6.45) is 2.36. The molecule has 126 valence electrons. The summed E-state index contributed by atoms with van der Waals surface area (Å²) in [5.41, 5.74) is 2.13. The number of rotatable bonds is 3. The van der Waals surface area contributed by atoms with E-state index in [-0.39, 0.29) is 17.6 Å². The van der Waals surface area contributed by atoms with Gasteiger partial charge in [0.05, 0.1) is 11.7 Å². The van der Waals surface area contributed by atoms with Gasteiger partial charge in [0.15, 0.2) is 0 Å². The molecule has 1 unspecified atom stereocenters. The third-order valence-electron chi connectivity index (χ3n) is 4.69. The Hall–Kier alpha value is -0.920. The zero-order valence-electron chi connectivity index (χ0n) is 13.2. The van der Waals surface area contributed by atoms with E-state index in [0.29, 0.717) is 19.6 Å². The Kier molecular flexibility index (Phi) is 4.80. The summed E-state index contributed by atoms with van der Waals surface area (Å²) in [6, 6.07) is 5.96. The molecule has 2 aliphatic rings. The Balaban J connectivity index is 1.77. The standard InChI is InChI=1S/C16H21BrN2O3S/c1-2-23(21,22)18-8-3-4-13(11-18)16(20)19-9-7-12-10-14(17)5-6-15(12)19/h5-6,10,13H,2-4,7-9,11H2,1H3. The number of hydrogen-bond donors (Lipinski definition) is 0. The molecule has 0 radical (unpaired) electrons. The molecule has 1 atom stereocenters. The van der Waals surface area contributed by atoms with Gasteiger partial charge in [-0.15, -0.1) is 0 Å². The minimum absolute atomic E-state index is 0.0575. The molecule has 23 heavy (non-hydrogen) atoms. The fraction of sp³-hybridized carbons (Fsp3) is 0.562. The maximum Gasteiger partial charge on any atom is 0.231 e. The van der Waals surface area contributed by atoms with Crippen LogP contribution in [0.3, 0.4) is 0 Å². The van der Waals surface area contributed by atoms with Crippen molar-refractivity contribution in [3.63, 3.8) is 0 Å². The number of piperidine rings is 1. The van der Waals surface area contributed by atoms with Crippen molar-refractivity contribution < 1.29 is 13.2 Å². The fourth-order valence-electron chi connectivity index (χ4n) is 3.40. The van der Waals surface area contributed by atoms with Crippen LogP contribution >= 0.6 is 15.9 Å². The molecule has 1 saturated heterocycles. The average Bonchev–Trinajstić information content (AvgIpc) is 2.97. The monoisotopic (exact) mass is 400 g/mol. The van der Waals surface area contributed by atoms with Crippen LogP contribution in [-0.4, -0.2) is 44.0 Å². The highest BCUT2D eigenvalue weighted by Crippen LogP contribution is 2.33. The van der Waals surface area contributed by atoms with Gasteiger partial charge in [-0.05, 0) is 49.9 Å². The Morgan fingerprint density at radius 1 is 1.35 bits per heavy atom. The minimum Gasteiger partial charge on any atom is -0.312 e. The molecule has 1 aromatic carbocycles. The summed E-state index contributed by atoms with van der Waals surface area (Å²) in [7, 11) is -3.22. The lowest BCUT2D eigenvalue weighted by Crippen LogP contribution is -2.46. The Labute approximate surface area is 145 Å². The number of benzene rings is 1. The molecule has 1 fully saturated rings. The number of fused-ring (bicyclic) bond motifs is 1. The molecule has 0 bridgehead atoms. The highest BCUT2D eigenvalue weighted by molar-refractivity contribution is 9.10. The third kappa shape index (κ3) is 3.32.